The first-order valence-corrected chi connectivity index (χ1v) is 6.46. The lowest BCUT2D eigenvalue weighted by molar-refractivity contribution is 0.0697. The number of hydrogen-bond donors (Lipinski definition) is 1. The van der Waals surface area contributed by atoms with E-state index in [-0.39, 0.29) is 5.56 Å². The molecule has 0 radical (unpaired) electrons. The molecular weight excluding hydrogens is 256 g/mol. The Bertz CT molecular complexity index is 613. The maximum atomic E-state index is 11.4. The quantitative estimate of drug-likeness (QED) is 0.820. The van der Waals surface area contributed by atoms with E-state index in [9.17, 15) is 9.90 Å². The fraction of sp³-hybridized carbons (Fsp3) is 0.333. The lowest BCUT2D eigenvalue weighted by atomic mass is 10.1. The van der Waals surface area contributed by atoms with Crippen LogP contribution in [-0.2, 0) is 4.74 Å². The molecule has 1 heterocycles. The smallest absolute Gasteiger partial charge is 0.339 e. The summed E-state index contributed by atoms with van der Waals surface area (Å²) in [6, 6.07) is 9.19. The minimum atomic E-state index is -0.961. The highest BCUT2D eigenvalue weighted by molar-refractivity contribution is 5.98. The highest BCUT2D eigenvalue weighted by Gasteiger charge is 2.16. The molecule has 0 aliphatic rings. The first-order valence-electron chi connectivity index (χ1n) is 6.46. The van der Waals surface area contributed by atoms with Gasteiger partial charge in [-0.25, -0.2) is 9.78 Å². The lowest BCUT2D eigenvalue weighted by Gasteiger charge is -2.20. The summed E-state index contributed by atoms with van der Waals surface area (Å²) in [6.07, 6.45) is 0.820. The highest BCUT2D eigenvalue weighted by Crippen LogP contribution is 2.23. The number of aromatic carboxylic acids is 1. The van der Waals surface area contributed by atoms with Gasteiger partial charge in [0.05, 0.1) is 5.52 Å². The molecule has 0 saturated carbocycles. The number of rotatable bonds is 6. The molecule has 0 amide bonds. The van der Waals surface area contributed by atoms with Gasteiger partial charge in [0.15, 0.2) is 0 Å². The maximum Gasteiger partial charge on any atom is 0.339 e. The van der Waals surface area contributed by atoms with Crippen LogP contribution >= 0.6 is 0 Å². The van der Waals surface area contributed by atoms with Gasteiger partial charge in [0.2, 0.25) is 0 Å². The van der Waals surface area contributed by atoms with Crippen molar-refractivity contribution in [1.29, 1.82) is 0 Å². The van der Waals surface area contributed by atoms with E-state index in [0.717, 1.165) is 17.3 Å². The minimum Gasteiger partial charge on any atom is -0.478 e. The Balaban J connectivity index is 2.38. The number of carboxylic acids is 1. The second kappa shape index (κ2) is 6.34. The fourth-order valence-corrected chi connectivity index (χ4v) is 2.11. The van der Waals surface area contributed by atoms with Crippen molar-refractivity contribution in [3.8, 4) is 0 Å². The number of hydrogen-bond acceptors (Lipinski definition) is 4. The van der Waals surface area contributed by atoms with Crippen molar-refractivity contribution in [1.82, 2.24) is 4.98 Å². The number of para-hydroxylation sites is 1. The number of pyridine rings is 1. The normalized spacial score (nSPS) is 10.7. The Labute approximate surface area is 117 Å². The average Bonchev–Trinajstić information content (AvgIpc) is 2.46. The molecule has 0 atom stereocenters. The molecule has 106 valence electrons. The van der Waals surface area contributed by atoms with Crippen LogP contribution in [0.4, 0.5) is 5.82 Å². The number of aromatic nitrogens is 1. The Kier molecular flexibility index (Phi) is 4.53. The number of ether oxygens (including phenoxy) is 1. The van der Waals surface area contributed by atoms with Crippen LogP contribution in [0, 0.1) is 0 Å². The van der Waals surface area contributed by atoms with Gasteiger partial charge in [-0.15, -0.1) is 0 Å². The molecule has 1 aromatic carbocycles. The third-order valence-electron chi connectivity index (χ3n) is 3.14. The molecule has 0 fully saturated rings. The Hall–Kier alpha value is -2.14. The summed E-state index contributed by atoms with van der Waals surface area (Å²) >= 11 is 0. The highest BCUT2D eigenvalue weighted by atomic mass is 16.5. The van der Waals surface area contributed by atoms with Crippen LogP contribution in [0.25, 0.3) is 10.9 Å². The van der Waals surface area contributed by atoms with Crippen molar-refractivity contribution >= 4 is 22.7 Å². The van der Waals surface area contributed by atoms with Crippen LogP contribution in [-0.4, -0.2) is 43.4 Å². The van der Waals surface area contributed by atoms with Gasteiger partial charge >= 0.3 is 5.97 Å². The Morgan fingerprint density at radius 3 is 2.85 bits per heavy atom. The lowest BCUT2D eigenvalue weighted by Crippen LogP contribution is -2.23. The Morgan fingerprint density at radius 2 is 2.15 bits per heavy atom. The zero-order valence-electron chi connectivity index (χ0n) is 11.7. The summed E-state index contributed by atoms with van der Waals surface area (Å²) in [5.41, 5.74) is 1.02. The minimum absolute atomic E-state index is 0.226. The van der Waals surface area contributed by atoms with E-state index in [1.807, 2.05) is 36.2 Å². The number of carboxylic acid groups (broad SMARTS) is 1. The molecule has 0 aliphatic heterocycles. The van der Waals surface area contributed by atoms with Crippen LogP contribution < -0.4 is 4.90 Å². The molecule has 0 aliphatic carbocycles. The van der Waals surface area contributed by atoms with Gasteiger partial charge < -0.3 is 14.7 Å². The molecule has 0 spiro atoms. The number of methoxy groups -OCH3 is 1. The molecule has 0 unspecified atom stereocenters. The molecular formula is C15H18N2O3. The van der Waals surface area contributed by atoms with Gasteiger partial charge in [-0.05, 0) is 18.6 Å². The number of anilines is 1. The monoisotopic (exact) mass is 274 g/mol. The molecule has 5 nitrogen and oxygen atoms in total. The van der Waals surface area contributed by atoms with E-state index in [1.54, 1.807) is 13.2 Å². The molecule has 1 N–H and O–H groups in total. The van der Waals surface area contributed by atoms with Crippen LogP contribution in [0.3, 0.4) is 0 Å². The van der Waals surface area contributed by atoms with Crippen molar-refractivity contribution in [3.05, 3.63) is 35.9 Å². The predicted octanol–water partition coefficient (Wildman–Crippen LogP) is 2.41. The number of carbonyl (C=O) groups is 1. The third kappa shape index (κ3) is 3.05. The van der Waals surface area contributed by atoms with Crippen LogP contribution in [0.5, 0.6) is 0 Å². The summed E-state index contributed by atoms with van der Waals surface area (Å²) in [6.45, 7) is 1.33. The number of benzene rings is 1. The fourth-order valence-electron chi connectivity index (χ4n) is 2.11. The summed E-state index contributed by atoms with van der Waals surface area (Å²) in [5, 5.41) is 10.2. The van der Waals surface area contributed by atoms with Crippen LogP contribution in [0.2, 0.25) is 0 Å². The van der Waals surface area contributed by atoms with Crippen molar-refractivity contribution < 1.29 is 14.6 Å². The van der Waals surface area contributed by atoms with Crippen molar-refractivity contribution in [2.75, 3.05) is 32.2 Å². The first-order chi connectivity index (χ1) is 9.63. The molecule has 2 aromatic rings. The van der Waals surface area contributed by atoms with Crippen LogP contribution in [0.1, 0.15) is 16.8 Å². The van der Waals surface area contributed by atoms with Gasteiger partial charge in [-0.2, -0.15) is 0 Å². The van der Waals surface area contributed by atoms with E-state index < -0.39 is 5.97 Å². The van der Waals surface area contributed by atoms with Crippen molar-refractivity contribution in [2.24, 2.45) is 0 Å². The average molecular weight is 274 g/mol. The van der Waals surface area contributed by atoms with E-state index >= 15 is 0 Å². The summed E-state index contributed by atoms with van der Waals surface area (Å²) in [7, 11) is 3.50. The molecule has 20 heavy (non-hydrogen) atoms. The Morgan fingerprint density at radius 1 is 1.40 bits per heavy atom. The molecule has 2 rings (SSSR count). The summed E-state index contributed by atoms with van der Waals surface area (Å²) < 4.78 is 5.01. The van der Waals surface area contributed by atoms with E-state index in [2.05, 4.69) is 4.98 Å². The van der Waals surface area contributed by atoms with Crippen molar-refractivity contribution in [3.63, 3.8) is 0 Å². The summed E-state index contributed by atoms with van der Waals surface area (Å²) in [4.78, 5) is 17.7. The number of fused-ring (bicyclic) bond motifs is 1. The molecule has 5 heteroatoms. The second-order valence-electron chi connectivity index (χ2n) is 4.63. The summed E-state index contributed by atoms with van der Waals surface area (Å²) in [5.74, 6) is -0.468. The second-order valence-corrected chi connectivity index (χ2v) is 4.63. The molecule has 0 saturated heterocycles. The third-order valence-corrected chi connectivity index (χ3v) is 3.14. The first kappa shape index (κ1) is 14.3. The van der Waals surface area contributed by atoms with E-state index in [1.165, 1.54) is 0 Å². The predicted molar refractivity (Wildman–Crippen MR) is 78.5 cm³/mol. The van der Waals surface area contributed by atoms with Crippen molar-refractivity contribution in [2.45, 2.75) is 6.42 Å². The SMILES string of the molecule is COCCCN(C)c1nc2ccccc2cc1C(=O)O. The standard InChI is InChI=1S/C15H18N2O3/c1-17(8-5-9-20-2)14-12(15(18)19)10-11-6-3-4-7-13(11)16-14/h3-4,6-7,10H,5,8-9H2,1-2H3,(H,18,19). The number of nitrogens with zero attached hydrogens (tertiary/aromatic N) is 2. The van der Waals surface area contributed by atoms with Gasteiger partial charge in [-0.1, -0.05) is 18.2 Å². The maximum absolute atomic E-state index is 11.4. The molecule has 1 aromatic heterocycles. The van der Waals surface area contributed by atoms with Gasteiger partial charge in [0.1, 0.15) is 11.4 Å². The molecule has 0 bridgehead atoms. The van der Waals surface area contributed by atoms with E-state index in [4.69, 9.17) is 4.74 Å². The zero-order valence-corrected chi connectivity index (χ0v) is 11.7. The van der Waals surface area contributed by atoms with Gasteiger partial charge in [0, 0.05) is 32.7 Å². The van der Waals surface area contributed by atoms with Gasteiger partial charge in [0.25, 0.3) is 0 Å². The van der Waals surface area contributed by atoms with Crippen LogP contribution in [0.15, 0.2) is 30.3 Å². The largest absolute Gasteiger partial charge is 0.478 e. The van der Waals surface area contributed by atoms with Gasteiger partial charge in [-0.3, -0.25) is 0 Å². The topological polar surface area (TPSA) is 62.7 Å². The van der Waals surface area contributed by atoms with E-state index in [0.29, 0.717) is 19.0 Å². The zero-order chi connectivity index (χ0) is 14.5.